The Morgan fingerprint density at radius 2 is 1.68 bits per heavy atom. The van der Waals surface area contributed by atoms with Crippen LogP contribution in [0.5, 0.6) is 5.75 Å². The summed E-state index contributed by atoms with van der Waals surface area (Å²) in [7, 11) is 0. The Kier molecular flexibility index (Phi) is 3.48. The normalized spacial score (nSPS) is 21.7. The molecule has 0 spiro atoms. The number of nitrogens with zero attached hydrogens (tertiary/aromatic N) is 2. The first-order valence-electron chi connectivity index (χ1n) is 7.57. The van der Waals surface area contributed by atoms with Crippen LogP contribution in [-0.4, -0.2) is 16.2 Å². The number of aromatic nitrogens is 2. The van der Waals surface area contributed by atoms with Gasteiger partial charge in [0.05, 0.1) is 0 Å². The average molecular weight is 340 g/mol. The van der Waals surface area contributed by atoms with Gasteiger partial charge in [-0.25, -0.2) is 8.78 Å². The van der Waals surface area contributed by atoms with Gasteiger partial charge >= 0.3 is 0 Å². The molecule has 3 heterocycles. The number of ether oxygens (including phenoxy) is 1. The number of halogens is 2. The molecule has 1 aromatic carbocycles. The Hall–Kier alpha value is -2.90. The second-order valence-corrected chi connectivity index (χ2v) is 5.84. The molecule has 1 aliphatic heterocycles. The Bertz CT molecular complexity index is 931. The van der Waals surface area contributed by atoms with Crippen LogP contribution < -0.4 is 16.2 Å². The zero-order chi connectivity index (χ0) is 17.6. The van der Waals surface area contributed by atoms with E-state index in [0.717, 1.165) is 23.8 Å². The second kappa shape index (κ2) is 5.58. The third-order valence-corrected chi connectivity index (χ3v) is 4.34. The summed E-state index contributed by atoms with van der Waals surface area (Å²) in [5.41, 5.74) is 13.2. The highest BCUT2D eigenvalue weighted by Crippen LogP contribution is 2.46. The van der Waals surface area contributed by atoms with Crippen molar-refractivity contribution in [2.45, 2.75) is 11.8 Å². The van der Waals surface area contributed by atoms with Gasteiger partial charge in [0, 0.05) is 35.8 Å². The van der Waals surface area contributed by atoms with E-state index in [1.165, 1.54) is 0 Å². The van der Waals surface area contributed by atoms with Gasteiger partial charge in [0.15, 0.2) is 12.0 Å². The first-order chi connectivity index (χ1) is 12.0. The predicted molar refractivity (Wildman–Crippen MR) is 87.4 cm³/mol. The van der Waals surface area contributed by atoms with E-state index in [9.17, 15) is 8.78 Å². The summed E-state index contributed by atoms with van der Waals surface area (Å²) in [5.74, 6) is -1.07. The minimum Gasteiger partial charge on any atom is -0.470 e. The maximum Gasteiger partial charge on any atom is 0.174 e. The number of rotatable bonds is 2. The molecule has 3 aromatic rings. The van der Waals surface area contributed by atoms with Gasteiger partial charge in [-0.15, -0.1) is 0 Å². The highest BCUT2D eigenvalue weighted by molar-refractivity contribution is 5.70. The Morgan fingerprint density at radius 3 is 2.36 bits per heavy atom. The number of fused-ring (bicyclic) bond motifs is 1. The van der Waals surface area contributed by atoms with Crippen molar-refractivity contribution in [1.82, 2.24) is 9.97 Å². The molecular weight excluding hydrogens is 326 g/mol. The van der Waals surface area contributed by atoms with Crippen LogP contribution in [0.15, 0.2) is 55.0 Å². The van der Waals surface area contributed by atoms with E-state index in [2.05, 4.69) is 9.97 Å². The van der Waals surface area contributed by atoms with Gasteiger partial charge in [-0.05, 0) is 35.9 Å². The molecule has 4 N–H and O–H groups in total. The van der Waals surface area contributed by atoms with Crippen LogP contribution in [0.1, 0.15) is 11.1 Å². The topological polar surface area (TPSA) is 87.0 Å². The summed E-state index contributed by atoms with van der Waals surface area (Å²) in [6, 6.07) is 8.30. The van der Waals surface area contributed by atoms with Crippen molar-refractivity contribution in [3.63, 3.8) is 0 Å². The number of pyridine rings is 2. The molecule has 0 saturated carbocycles. The van der Waals surface area contributed by atoms with E-state index in [1.54, 1.807) is 36.8 Å². The highest BCUT2D eigenvalue weighted by atomic mass is 19.1. The van der Waals surface area contributed by atoms with Gasteiger partial charge in [-0.1, -0.05) is 0 Å². The van der Waals surface area contributed by atoms with Crippen LogP contribution in [0.3, 0.4) is 0 Å². The molecule has 2 unspecified atom stereocenters. The minimum atomic E-state index is -1.40. The molecule has 25 heavy (non-hydrogen) atoms. The molecule has 0 saturated heterocycles. The van der Waals surface area contributed by atoms with Crippen molar-refractivity contribution in [3.05, 3.63) is 77.8 Å². The summed E-state index contributed by atoms with van der Waals surface area (Å²) < 4.78 is 33.2. The lowest BCUT2D eigenvalue weighted by atomic mass is 9.83. The minimum absolute atomic E-state index is 0.197. The standard InChI is InChI=1S/C18H14F2N4O/c19-12-7-11(8-13(20)9-12)18(22)14-3-6-24-15(16(14)25-17(18)21)10-1-4-23-5-2-10/h1-9,17H,21-22H2. The molecule has 126 valence electrons. The van der Waals surface area contributed by atoms with E-state index in [0.29, 0.717) is 17.0 Å². The SMILES string of the molecule is NC1Oc2c(ccnc2-c2ccncc2)C1(N)c1cc(F)cc(F)c1. The van der Waals surface area contributed by atoms with Crippen LogP contribution in [-0.2, 0) is 5.54 Å². The Labute approximate surface area is 142 Å². The van der Waals surface area contributed by atoms with Gasteiger partial charge in [0.1, 0.15) is 22.9 Å². The van der Waals surface area contributed by atoms with Crippen LogP contribution in [0, 0.1) is 11.6 Å². The van der Waals surface area contributed by atoms with Crippen molar-refractivity contribution in [2.75, 3.05) is 0 Å². The summed E-state index contributed by atoms with van der Waals surface area (Å²) in [4.78, 5) is 8.31. The van der Waals surface area contributed by atoms with Crippen molar-refractivity contribution in [2.24, 2.45) is 11.5 Å². The lowest BCUT2D eigenvalue weighted by molar-refractivity contribution is 0.177. The lowest BCUT2D eigenvalue weighted by Gasteiger charge is -2.28. The fourth-order valence-electron chi connectivity index (χ4n) is 3.09. The molecule has 0 radical (unpaired) electrons. The van der Waals surface area contributed by atoms with E-state index >= 15 is 0 Å². The van der Waals surface area contributed by atoms with E-state index in [-0.39, 0.29) is 5.56 Å². The Balaban J connectivity index is 1.93. The van der Waals surface area contributed by atoms with Crippen molar-refractivity contribution in [3.8, 4) is 17.0 Å². The van der Waals surface area contributed by atoms with Gasteiger partial charge in [0.25, 0.3) is 0 Å². The van der Waals surface area contributed by atoms with Crippen molar-refractivity contribution in [1.29, 1.82) is 0 Å². The van der Waals surface area contributed by atoms with Crippen LogP contribution in [0.2, 0.25) is 0 Å². The third-order valence-electron chi connectivity index (χ3n) is 4.34. The zero-order valence-electron chi connectivity index (χ0n) is 13.0. The maximum absolute atomic E-state index is 13.7. The Morgan fingerprint density at radius 1 is 1.00 bits per heavy atom. The fraction of sp³-hybridized carbons (Fsp3) is 0.111. The number of nitrogens with two attached hydrogens (primary N) is 2. The second-order valence-electron chi connectivity index (χ2n) is 5.84. The smallest absolute Gasteiger partial charge is 0.174 e. The van der Waals surface area contributed by atoms with E-state index in [4.69, 9.17) is 16.2 Å². The van der Waals surface area contributed by atoms with Gasteiger partial charge in [-0.2, -0.15) is 0 Å². The number of benzene rings is 1. The van der Waals surface area contributed by atoms with Crippen LogP contribution in [0.4, 0.5) is 8.78 Å². The van der Waals surface area contributed by atoms with Gasteiger partial charge in [-0.3, -0.25) is 15.7 Å². The molecule has 5 nitrogen and oxygen atoms in total. The molecular formula is C18H14F2N4O. The first-order valence-corrected chi connectivity index (χ1v) is 7.57. The molecule has 7 heteroatoms. The molecule has 4 rings (SSSR count). The number of hydrogen-bond acceptors (Lipinski definition) is 5. The van der Waals surface area contributed by atoms with Crippen molar-refractivity contribution < 1.29 is 13.5 Å². The average Bonchev–Trinajstić information content (AvgIpc) is 2.87. The van der Waals surface area contributed by atoms with Gasteiger partial charge in [0.2, 0.25) is 0 Å². The summed E-state index contributed by atoms with van der Waals surface area (Å²) in [6.45, 7) is 0. The molecule has 0 bridgehead atoms. The zero-order valence-corrected chi connectivity index (χ0v) is 13.0. The molecule has 0 amide bonds. The fourth-order valence-corrected chi connectivity index (χ4v) is 3.09. The van der Waals surface area contributed by atoms with E-state index in [1.807, 2.05) is 0 Å². The molecule has 2 aromatic heterocycles. The van der Waals surface area contributed by atoms with E-state index < -0.39 is 23.4 Å². The summed E-state index contributed by atoms with van der Waals surface area (Å²) in [6.07, 6.45) is 3.80. The van der Waals surface area contributed by atoms with Gasteiger partial charge < -0.3 is 10.5 Å². The predicted octanol–water partition coefficient (Wildman–Crippen LogP) is 2.30. The quantitative estimate of drug-likeness (QED) is 0.747. The summed E-state index contributed by atoms with van der Waals surface area (Å²) >= 11 is 0. The first kappa shape index (κ1) is 15.6. The molecule has 0 fully saturated rings. The highest BCUT2D eigenvalue weighted by Gasteiger charge is 2.47. The molecule has 0 aliphatic carbocycles. The summed E-state index contributed by atoms with van der Waals surface area (Å²) in [5, 5.41) is 0. The maximum atomic E-state index is 13.7. The van der Waals surface area contributed by atoms with Crippen LogP contribution >= 0.6 is 0 Å². The lowest BCUT2D eigenvalue weighted by Crippen LogP contribution is -2.52. The molecule has 2 atom stereocenters. The number of hydrogen-bond donors (Lipinski definition) is 2. The van der Waals surface area contributed by atoms with Crippen LogP contribution in [0.25, 0.3) is 11.3 Å². The molecule has 1 aliphatic rings. The van der Waals surface area contributed by atoms with Crippen molar-refractivity contribution >= 4 is 0 Å². The monoisotopic (exact) mass is 340 g/mol. The largest absolute Gasteiger partial charge is 0.470 e. The third kappa shape index (κ3) is 2.36.